The van der Waals surface area contributed by atoms with Crippen LogP contribution in [0.2, 0.25) is 0 Å². The lowest BCUT2D eigenvalue weighted by molar-refractivity contribution is -0.127. The minimum atomic E-state index is -0.399. The Kier molecular flexibility index (Phi) is 8.18. The smallest absolute Gasteiger partial charge is 0.243 e. The molecule has 0 bridgehead atoms. The highest BCUT2D eigenvalue weighted by atomic mass is 19.1. The number of guanidine groups is 1. The standard InChI is InChI=1S/C18H29FN4O2/c1-7-13(2)21-18(20-11-17(24)22(3)4)23(5)12-14-8-9-16(25-6)15(19)10-14/h8-10,13H,7,11-12H2,1-6H3,(H,20,21). The minimum Gasteiger partial charge on any atom is -0.494 e. The maximum Gasteiger partial charge on any atom is 0.243 e. The van der Waals surface area contributed by atoms with E-state index in [2.05, 4.69) is 17.2 Å². The first-order valence-corrected chi connectivity index (χ1v) is 8.33. The van der Waals surface area contributed by atoms with E-state index < -0.39 is 5.82 Å². The second kappa shape index (κ2) is 9.86. The monoisotopic (exact) mass is 352 g/mol. The van der Waals surface area contributed by atoms with Gasteiger partial charge in [-0.15, -0.1) is 0 Å². The van der Waals surface area contributed by atoms with E-state index >= 15 is 0 Å². The Hall–Kier alpha value is -2.31. The van der Waals surface area contributed by atoms with E-state index in [9.17, 15) is 9.18 Å². The number of ether oxygens (including phenoxy) is 1. The normalized spacial score (nSPS) is 12.5. The van der Waals surface area contributed by atoms with Crippen LogP contribution in [0.25, 0.3) is 0 Å². The van der Waals surface area contributed by atoms with Gasteiger partial charge in [0.1, 0.15) is 6.54 Å². The van der Waals surface area contributed by atoms with Crippen molar-refractivity contribution in [1.82, 2.24) is 15.1 Å². The number of rotatable bonds is 7. The maximum absolute atomic E-state index is 13.9. The minimum absolute atomic E-state index is 0.0626. The summed E-state index contributed by atoms with van der Waals surface area (Å²) in [5, 5.41) is 3.30. The van der Waals surface area contributed by atoms with Crippen LogP contribution < -0.4 is 10.1 Å². The number of nitrogens with zero attached hydrogens (tertiary/aromatic N) is 3. The summed E-state index contributed by atoms with van der Waals surface area (Å²) < 4.78 is 18.8. The lowest BCUT2D eigenvalue weighted by Crippen LogP contribution is -2.43. The largest absolute Gasteiger partial charge is 0.494 e. The molecule has 1 unspecified atom stereocenters. The predicted molar refractivity (Wildman–Crippen MR) is 98.3 cm³/mol. The van der Waals surface area contributed by atoms with Gasteiger partial charge in [-0.05, 0) is 31.0 Å². The Balaban J connectivity index is 2.90. The molecular formula is C18H29FN4O2. The second-order valence-electron chi connectivity index (χ2n) is 6.21. The average Bonchev–Trinajstić information content (AvgIpc) is 2.57. The highest BCUT2D eigenvalue weighted by Gasteiger charge is 2.13. The van der Waals surface area contributed by atoms with Crippen molar-refractivity contribution in [3.63, 3.8) is 0 Å². The van der Waals surface area contributed by atoms with Crippen LogP contribution in [-0.2, 0) is 11.3 Å². The number of carbonyl (C=O) groups excluding carboxylic acids is 1. The van der Waals surface area contributed by atoms with Crippen LogP contribution >= 0.6 is 0 Å². The average molecular weight is 352 g/mol. The number of methoxy groups -OCH3 is 1. The zero-order chi connectivity index (χ0) is 19.0. The Morgan fingerprint density at radius 1 is 1.36 bits per heavy atom. The van der Waals surface area contributed by atoms with E-state index in [1.54, 1.807) is 20.2 Å². The number of likely N-dealkylation sites (N-methyl/N-ethyl adjacent to an activating group) is 1. The summed E-state index contributed by atoms with van der Waals surface area (Å²) in [4.78, 5) is 19.6. The number of amides is 1. The summed E-state index contributed by atoms with van der Waals surface area (Å²) in [5.74, 6) is 0.354. The predicted octanol–water partition coefficient (Wildman–Crippen LogP) is 2.10. The van der Waals surface area contributed by atoms with E-state index in [0.29, 0.717) is 12.5 Å². The van der Waals surface area contributed by atoms with Gasteiger partial charge >= 0.3 is 0 Å². The Morgan fingerprint density at radius 3 is 2.56 bits per heavy atom. The van der Waals surface area contributed by atoms with Crippen molar-refractivity contribution >= 4 is 11.9 Å². The third-order valence-electron chi connectivity index (χ3n) is 3.85. The zero-order valence-electron chi connectivity index (χ0n) is 16.0. The molecule has 6 nitrogen and oxygen atoms in total. The SMILES string of the molecule is CCC(C)NC(=NCC(=O)N(C)C)N(C)Cc1ccc(OC)c(F)c1. The number of hydrogen-bond acceptors (Lipinski definition) is 3. The molecule has 140 valence electrons. The quantitative estimate of drug-likeness (QED) is 0.603. The van der Waals surface area contributed by atoms with Crippen molar-refractivity contribution in [2.75, 3.05) is 34.8 Å². The topological polar surface area (TPSA) is 57.2 Å². The van der Waals surface area contributed by atoms with Gasteiger partial charge in [-0.1, -0.05) is 13.0 Å². The third-order valence-corrected chi connectivity index (χ3v) is 3.85. The van der Waals surface area contributed by atoms with Crippen LogP contribution in [0, 0.1) is 5.82 Å². The highest BCUT2D eigenvalue weighted by Crippen LogP contribution is 2.18. The number of hydrogen-bond donors (Lipinski definition) is 1. The second-order valence-corrected chi connectivity index (χ2v) is 6.21. The highest BCUT2D eigenvalue weighted by molar-refractivity contribution is 5.84. The lowest BCUT2D eigenvalue weighted by Gasteiger charge is -2.25. The molecule has 0 spiro atoms. The molecule has 0 aliphatic carbocycles. The number of halogens is 1. The molecule has 1 amide bonds. The van der Waals surface area contributed by atoms with Crippen molar-refractivity contribution in [3.05, 3.63) is 29.6 Å². The molecule has 1 rings (SSSR count). The van der Waals surface area contributed by atoms with Crippen molar-refractivity contribution in [1.29, 1.82) is 0 Å². The van der Waals surface area contributed by atoms with Gasteiger partial charge in [0.05, 0.1) is 7.11 Å². The lowest BCUT2D eigenvalue weighted by atomic mass is 10.2. The fourth-order valence-electron chi connectivity index (χ4n) is 2.04. The fraction of sp³-hybridized carbons (Fsp3) is 0.556. The van der Waals surface area contributed by atoms with Gasteiger partial charge in [0.15, 0.2) is 17.5 Å². The molecule has 0 aliphatic heterocycles. The zero-order valence-corrected chi connectivity index (χ0v) is 16.0. The summed E-state index contributed by atoms with van der Waals surface area (Å²) in [6.45, 7) is 4.63. The molecule has 1 aromatic carbocycles. The molecule has 0 radical (unpaired) electrons. The van der Waals surface area contributed by atoms with Crippen LogP contribution in [-0.4, -0.2) is 62.5 Å². The molecule has 1 atom stereocenters. The first-order valence-electron chi connectivity index (χ1n) is 8.33. The molecule has 0 saturated heterocycles. The van der Waals surface area contributed by atoms with Crippen LogP contribution in [0.5, 0.6) is 5.75 Å². The summed E-state index contributed by atoms with van der Waals surface area (Å²) >= 11 is 0. The van der Waals surface area contributed by atoms with Gasteiger partial charge in [0.25, 0.3) is 0 Å². The summed E-state index contributed by atoms with van der Waals surface area (Å²) in [6, 6.07) is 5.07. The van der Waals surface area contributed by atoms with Gasteiger partial charge in [0, 0.05) is 33.7 Å². The summed E-state index contributed by atoms with van der Waals surface area (Å²) in [6.07, 6.45) is 0.922. The van der Waals surface area contributed by atoms with Crippen molar-refractivity contribution in [2.24, 2.45) is 4.99 Å². The Bertz CT molecular complexity index is 605. The number of benzene rings is 1. The molecule has 7 heteroatoms. The molecule has 0 aliphatic rings. The van der Waals surface area contributed by atoms with Gasteiger partial charge in [-0.25, -0.2) is 9.38 Å². The van der Waals surface area contributed by atoms with E-state index in [0.717, 1.165) is 12.0 Å². The van der Waals surface area contributed by atoms with Crippen LogP contribution in [0.1, 0.15) is 25.8 Å². The van der Waals surface area contributed by atoms with Gasteiger partial charge in [-0.3, -0.25) is 4.79 Å². The summed E-state index contributed by atoms with van der Waals surface area (Å²) in [5.41, 5.74) is 0.790. The molecule has 0 aromatic heterocycles. The van der Waals surface area contributed by atoms with Crippen molar-refractivity contribution < 1.29 is 13.9 Å². The molecule has 0 saturated carbocycles. The molecule has 0 heterocycles. The molecular weight excluding hydrogens is 323 g/mol. The van der Waals surface area contributed by atoms with Crippen LogP contribution in [0.4, 0.5) is 4.39 Å². The van der Waals surface area contributed by atoms with Gasteiger partial charge in [0.2, 0.25) is 5.91 Å². The number of carbonyl (C=O) groups is 1. The first kappa shape index (κ1) is 20.7. The van der Waals surface area contributed by atoms with E-state index in [1.165, 1.54) is 18.1 Å². The molecule has 1 aromatic rings. The van der Waals surface area contributed by atoms with Gasteiger partial charge in [-0.2, -0.15) is 0 Å². The van der Waals surface area contributed by atoms with Crippen molar-refractivity contribution in [2.45, 2.75) is 32.9 Å². The number of nitrogens with one attached hydrogen (secondary N) is 1. The van der Waals surface area contributed by atoms with E-state index in [4.69, 9.17) is 4.74 Å². The van der Waals surface area contributed by atoms with Crippen molar-refractivity contribution in [3.8, 4) is 5.75 Å². The molecule has 25 heavy (non-hydrogen) atoms. The Morgan fingerprint density at radius 2 is 2.04 bits per heavy atom. The third kappa shape index (κ3) is 6.60. The number of aliphatic imine (C=N–C) groups is 1. The summed E-state index contributed by atoms with van der Waals surface area (Å²) in [7, 11) is 6.69. The first-order chi connectivity index (χ1) is 11.8. The Labute approximate surface area is 149 Å². The van der Waals surface area contributed by atoms with E-state index in [1.807, 2.05) is 24.9 Å². The maximum atomic E-state index is 13.9. The molecule has 0 fully saturated rings. The fourth-order valence-corrected chi connectivity index (χ4v) is 2.04. The van der Waals surface area contributed by atoms with Crippen LogP contribution in [0.3, 0.4) is 0 Å². The van der Waals surface area contributed by atoms with E-state index in [-0.39, 0.29) is 24.2 Å². The van der Waals surface area contributed by atoms with Gasteiger partial charge < -0.3 is 19.9 Å². The molecule has 1 N–H and O–H groups in total. The van der Waals surface area contributed by atoms with Crippen LogP contribution in [0.15, 0.2) is 23.2 Å².